The van der Waals surface area contributed by atoms with E-state index in [1.165, 1.54) is 6.92 Å². The number of carbonyl (C=O) groups excluding carboxylic acids is 2. The fourth-order valence-corrected chi connectivity index (χ4v) is 2.40. The Hall–Kier alpha value is -3.74. The van der Waals surface area contributed by atoms with E-state index in [0.29, 0.717) is 17.1 Å². The van der Waals surface area contributed by atoms with Crippen molar-refractivity contribution in [3.05, 3.63) is 67.3 Å². The van der Waals surface area contributed by atoms with Crippen molar-refractivity contribution in [1.29, 1.82) is 0 Å². The van der Waals surface area contributed by atoms with E-state index in [0.717, 1.165) is 11.1 Å². The lowest BCUT2D eigenvalue weighted by atomic mass is 10.0. The summed E-state index contributed by atoms with van der Waals surface area (Å²) >= 11 is 0. The molecule has 0 saturated carbocycles. The first-order valence-electron chi connectivity index (χ1n) is 7.92. The molecule has 0 spiro atoms. The van der Waals surface area contributed by atoms with Crippen LogP contribution in [-0.4, -0.2) is 21.9 Å². The Balaban J connectivity index is 1.71. The first-order valence-corrected chi connectivity index (χ1v) is 7.92. The van der Waals surface area contributed by atoms with Gasteiger partial charge in [0.1, 0.15) is 0 Å². The highest BCUT2D eigenvalue weighted by Crippen LogP contribution is 2.28. The topological polar surface area (TPSA) is 96.0 Å². The molecule has 0 bridgehead atoms. The van der Waals surface area contributed by atoms with Gasteiger partial charge in [-0.15, -0.1) is 0 Å². The van der Waals surface area contributed by atoms with E-state index in [4.69, 9.17) is 0 Å². The summed E-state index contributed by atoms with van der Waals surface area (Å²) in [6.07, 6.45) is 6.46. The number of anilines is 3. The number of urea groups is 1. The molecule has 3 aromatic rings. The molecule has 3 amide bonds. The molecular formula is C19H17N5O2. The molecule has 0 saturated heterocycles. The van der Waals surface area contributed by atoms with Gasteiger partial charge in [-0.2, -0.15) is 0 Å². The standard InChI is InChI=1S/C19H17N5O2/c1-13(25)22-18-12-21-10-8-17(18)14-4-6-15(7-5-14)23-19(26)24-16-3-2-9-20-11-16/h2-12H,1H3,(H,22,25)(H2,23,24,26). The van der Waals surface area contributed by atoms with Crippen LogP contribution in [0.3, 0.4) is 0 Å². The lowest BCUT2D eigenvalue weighted by Gasteiger charge is -2.11. The maximum atomic E-state index is 12.0. The number of hydrogen-bond donors (Lipinski definition) is 3. The van der Waals surface area contributed by atoms with Gasteiger partial charge in [0.05, 0.1) is 23.8 Å². The van der Waals surface area contributed by atoms with Gasteiger partial charge >= 0.3 is 6.03 Å². The minimum Gasteiger partial charge on any atom is -0.324 e. The van der Waals surface area contributed by atoms with Gasteiger partial charge in [0.15, 0.2) is 0 Å². The number of amides is 3. The minimum absolute atomic E-state index is 0.162. The Bertz CT molecular complexity index is 911. The van der Waals surface area contributed by atoms with Crippen molar-refractivity contribution in [1.82, 2.24) is 9.97 Å². The summed E-state index contributed by atoms with van der Waals surface area (Å²) in [5.41, 5.74) is 3.63. The number of pyridine rings is 2. The quantitative estimate of drug-likeness (QED) is 0.670. The van der Waals surface area contributed by atoms with Crippen LogP contribution in [-0.2, 0) is 4.79 Å². The van der Waals surface area contributed by atoms with Crippen molar-refractivity contribution >= 4 is 29.0 Å². The molecule has 0 unspecified atom stereocenters. The van der Waals surface area contributed by atoms with Crippen LogP contribution in [0.1, 0.15) is 6.92 Å². The molecular weight excluding hydrogens is 330 g/mol. The van der Waals surface area contributed by atoms with Gasteiger partial charge in [0, 0.05) is 30.6 Å². The molecule has 0 fully saturated rings. The van der Waals surface area contributed by atoms with E-state index in [1.807, 2.05) is 18.2 Å². The molecule has 2 heterocycles. The molecule has 7 heteroatoms. The number of nitrogens with one attached hydrogen (secondary N) is 3. The first kappa shape index (κ1) is 17.1. The molecule has 0 aliphatic rings. The van der Waals surface area contributed by atoms with Crippen LogP contribution in [0.2, 0.25) is 0 Å². The smallest absolute Gasteiger partial charge is 0.323 e. The summed E-state index contributed by atoms with van der Waals surface area (Å²) in [6, 6.07) is 12.3. The van der Waals surface area contributed by atoms with Crippen molar-refractivity contribution < 1.29 is 9.59 Å². The van der Waals surface area contributed by atoms with Gasteiger partial charge in [-0.1, -0.05) is 12.1 Å². The fourth-order valence-electron chi connectivity index (χ4n) is 2.40. The van der Waals surface area contributed by atoms with E-state index >= 15 is 0 Å². The highest BCUT2D eigenvalue weighted by Gasteiger charge is 2.07. The molecule has 0 aliphatic carbocycles. The third-order valence-corrected chi connectivity index (χ3v) is 3.50. The van der Waals surface area contributed by atoms with Crippen LogP contribution in [0, 0.1) is 0 Å². The summed E-state index contributed by atoms with van der Waals surface area (Å²) in [5, 5.41) is 8.21. The number of aromatic nitrogens is 2. The van der Waals surface area contributed by atoms with Gasteiger partial charge in [0.2, 0.25) is 5.91 Å². The SMILES string of the molecule is CC(=O)Nc1cnccc1-c1ccc(NC(=O)Nc2cccnc2)cc1. The number of benzene rings is 1. The normalized spacial score (nSPS) is 10.0. The van der Waals surface area contributed by atoms with Gasteiger partial charge < -0.3 is 16.0 Å². The Morgan fingerprint density at radius 1 is 0.808 bits per heavy atom. The van der Waals surface area contributed by atoms with Crippen molar-refractivity contribution in [3.63, 3.8) is 0 Å². The molecule has 2 aromatic heterocycles. The number of hydrogen-bond acceptors (Lipinski definition) is 4. The second-order valence-corrected chi connectivity index (χ2v) is 5.50. The zero-order valence-electron chi connectivity index (χ0n) is 14.1. The van der Waals surface area contributed by atoms with E-state index in [2.05, 4.69) is 25.9 Å². The Morgan fingerprint density at radius 3 is 2.23 bits per heavy atom. The summed E-state index contributed by atoms with van der Waals surface area (Å²) in [6.45, 7) is 1.45. The maximum absolute atomic E-state index is 12.0. The van der Waals surface area contributed by atoms with Gasteiger partial charge in [-0.05, 0) is 35.9 Å². The van der Waals surface area contributed by atoms with E-state index < -0.39 is 0 Å². The van der Waals surface area contributed by atoms with E-state index in [9.17, 15) is 9.59 Å². The van der Waals surface area contributed by atoms with Gasteiger partial charge in [0.25, 0.3) is 0 Å². The van der Waals surface area contributed by atoms with Crippen molar-refractivity contribution in [2.75, 3.05) is 16.0 Å². The van der Waals surface area contributed by atoms with Gasteiger partial charge in [-0.25, -0.2) is 4.79 Å². The summed E-state index contributed by atoms with van der Waals surface area (Å²) in [5.74, 6) is -0.162. The first-order chi connectivity index (χ1) is 12.6. The van der Waals surface area contributed by atoms with Crippen LogP contribution < -0.4 is 16.0 Å². The average molecular weight is 347 g/mol. The molecule has 3 rings (SSSR count). The predicted octanol–water partition coefficient (Wildman–Crippen LogP) is 3.75. The highest BCUT2D eigenvalue weighted by atomic mass is 16.2. The van der Waals surface area contributed by atoms with Crippen LogP contribution in [0.15, 0.2) is 67.3 Å². The molecule has 0 radical (unpaired) electrons. The zero-order chi connectivity index (χ0) is 18.4. The van der Waals surface area contributed by atoms with Crippen LogP contribution in [0.25, 0.3) is 11.1 Å². The summed E-state index contributed by atoms with van der Waals surface area (Å²) in [7, 11) is 0. The summed E-state index contributed by atoms with van der Waals surface area (Å²) < 4.78 is 0. The Morgan fingerprint density at radius 2 is 1.54 bits per heavy atom. The third kappa shape index (κ3) is 4.41. The largest absolute Gasteiger partial charge is 0.324 e. The Kier molecular flexibility index (Phi) is 5.19. The number of carbonyl (C=O) groups is 2. The lowest BCUT2D eigenvalue weighted by molar-refractivity contribution is -0.114. The molecule has 26 heavy (non-hydrogen) atoms. The fraction of sp³-hybridized carbons (Fsp3) is 0.0526. The predicted molar refractivity (Wildman–Crippen MR) is 101 cm³/mol. The number of nitrogens with zero attached hydrogens (tertiary/aromatic N) is 2. The van der Waals surface area contributed by atoms with Gasteiger partial charge in [-0.3, -0.25) is 14.8 Å². The van der Waals surface area contributed by atoms with E-state index in [1.54, 1.807) is 49.1 Å². The molecule has 7 nitrogen and oxygen atoms in total. The summed E-state index contributed by atoms with van der Waals surface area (Å²) in [4.78, 5) is 31.3. The number of rotatable bonds is 4. The van der Waals surface area contributed by atoms with E-state index in [-0.39, 0.29) is 11.9 Å². The van der Waals surface area contributed by atoms with Crippen molar-refractivity contribution in [3.8, 4) is 11.1 Å². The maximum Gasteiger partial charge on any atom is 0.323 e. The lowest BCUT2D eigenvalue weighted by Crippen LogP contribution is -2.19. The third-order valence-electron chi connectivity index (χ3n) is 3.50. The van der Waals surface area contributed by atoms with Crippen LogP contribution in [0.4, 0.5) is 21.9 Å². The zero-order valence-corrected chi connectivity index (χ0v) is 14.1. The van der Waals surface area contributed by atoms with Crippen LogP contribution >= 0.6 is 0 Å². The van der Waals surface area contributed by atoms with Crippen molar-refractivity contribution in [2.45, 2.75) is 6.92 Å². The average Bonchev–Trinajstić information content (AvgIpc) is 2.63. The molecule has 1 aromatic carbocycles. The van der Waals surface area contributed by atoms with Crippen LogP contribution in [0.5, 0.6) is 0 Å². The minimum atomic E-state index is -0.353. The molecule has 0 atom stereocenters. The van der Waals surface area contributed by atoms with Crippen molar-refractivity contribution in [2.24, 2.45) is 0 Å². The monoisotopic (exact) mass is 347 g/mol. The molecule has 130 valence electrons. The highest BCUT2D eigenvalue weighted by molar-refractivity contribution is 6.00. The molecule has 0 aliphatic heterocycles. The second kappa shape index (κ2) is 7.89. The second-order valence-electron chi connectivity index (χ2n) is 5.50. The Labute approximate surface area is 150 Å². The molecule has 3 N–H and O–H groups in total.